The SMILES string of the molecule is Cc1cc(C)c(C)c(OCC(=O)N(C)C2CCNC2)c1. The zero-order valence-electron chi connectivity index (χ0n) is 12.8. The van der Waals surface area contributed by atoms with Crippen molar-refractivity contribution in [2.45, 2.75) is 33.2 Å². The molecule has 0 aliphatic carbocycles. The lowest BCUT2D eigenvalue weighted by molar-refractivity contribution is -0.133. The number of benzene rings is 1. The smallest absolute Gasteiger partial charge is 0.260 e. The monoisotopic (exact) mass is 276 g/mol. The number of ether oxygens (including phenoxy) is 1. The number of carbonyl (C=O) groups excluding carboxylic acids is 1. The number of rotatable bonds is 4. The standard InChI is InChI=1S/C16H24N2O2/c1-11-7-12(2)13(3)15(8-11)20-10-16(19)18(4)14-5-6-17-9-14/h7-8,14,17H,5-6,9-10H2,1-4H3. The van der Waals surface area contributed by atoms with Gasteiger partial charge in [0.05, 0.1) is 0 Å². The molecule has 110 valence electrons. The van der Waals surface area contributed by atoms with Gasteiger partial charge in [0.1, 0.15) is 5.75 Å². The minimum absolute atomic E-state index is 0.0391. The van der Waals surface area contributed by atoms with Crippen LogP contribution in [0.25, 0.3) is 0 Å². The molecule has 1 atom stereocenters. The van der Waals surface area contributed by atoms with Crippen molar-refractivity contribution in [3.63, 3.8) is 0 Å². The van der Waals surface area contributed by atoms with Crippen molar-refractivity contribution >= 4 is 5.91 Å². The predicted octanol–water partition coefficient (Wildman–Crippen LogP) is 1.81. The van der Waals surface area contributed by atoms with Gasteiger partial charge in [0.25, 0.3) is 5.91 Å². The second-order valence-electron chi connectivity index (χ2n) is 5.64. The maximum atomic E-state index is 12.2. The first-order chi connectivity index (χ1) is 9.49. The van der Waals surface area contributed by atoms with Gasteiger partial charge in [-0.15, -0.1) is 0 Å². The molecular formula is C16H24N2O2. The van der Waals surface area contributed by atoms with E-state index in [0.29, 0.717) is 6.04 Å². The zero-order chi connectivity index (χ0) is 14.7. The van der Waals surface area contributed by atoms with Crippen LogP contribution in [0.2, 0.25) is 0 Å². The summed E-state index contributed by atoms with van der Waals surface area (Å²) in [6, 6.07) is 4.42. The van der Waals surface area contributed by atoms with Gasteiger partial charge in [-0.1, -0.05) is 6.07 Å². The summed E-state index contributed by atoms with van der Waals surface area (Å²) in [5.41, 5.74) is 3.46. The van der Waals surface area contributed by atoms with Crippen molar-refractivity contribution in [2.75, 3.05) is 26.7 Å². The van der Waals surface area contributed by atoms with E-state index in [2.05, 4.69) is 18.3 Å². The highest BCUT2D eigenvalue weighted by molar-refractivity contribution is 5.78. The summed E-state index contributed by atoms with van der Waals surface area (Å²) in [7, 11) is 1.86. The number of hydrogen-bond donors (Lipinski definition) is 1. The molecule has 4 heteroatoms. The van der Waals surface area contributed by atoms with Crippen molar-refractivity contribution in [1.29, 1.82) is 0 Å². The molecule has 0 bridgehead atoms. The van der Waals surface area contributed by atoms with Crippen LogP contribution in [0.3, 0.4) is 0 Å². The minimum atomic E-state index is 0.0391. The second kappa shape index (κ2) is 6.27. The fourth-order valence-electron chi connectivity index (χ4n) is 2.57. The van der Waals surface area contributed by atoms with Gasteiger partial charge in [0.15, 0.2) is 6.61 Å². The van der Waals surface area contributed by atoms with Crippen molar-refractivity contribution in [2.24, 2.45) is 0 Å². The Morgan fingerprint density at radius 3 is 2.80 bits per heavy atom. The van der Waals surface area contributed by atoms with E-state index in [1.54, 1.807) is 4.90 Å². The average molecular weight is 276 g/mol. The fraction of sp³-hybridized carbons (Fsp3) is 0.562. The topological polar surface area (TPSA) is 41.6 Å². The Kier molecular flexibility index (Phi) is 4.65. The quantitative estimate of drug-likeness (QED) is 0.912. The lowest BCUT2D eigenvalue weighted by Gasteiger charge is -2.24. The summed E-state index contributed by atoms with van der Waals surface area (Å²) >= 11 is 0. The molecule has 1 fully saturated rings. The highest BCUT2D eigenvalue weighted by atomic mass is 16.5. The Labute approximate surface area is 121 Å². The third kappa shape index (κ3) is 3.31. The van der Waals surface area contributed by atoms with E-state index in [1.165, 1.54) is 5.56 Å². The summed E-state index contributed by atoms with van der Waals surface area (Å²) in [4.78, 5) is 14.0. The van der Waals surface area contributed by atoms with E-state index in [-0.39, 0.29) is 12.5 Å². The van der Waals surface area contributed by atoms with E-state index < -0.39 is 0 Å². The molecule has 1 heterocycles. The summed E-state index contributed by atoms with van der Waals surface area (Å²) < 4.78 is 5.73. The van der Waals surface area contributed by atoms with E-state index in [4.69, 9.17) is 4.74 Å². The Bertz CT molecular complexity index is 493. The van der Waals surface area contributed by atoms with Crippen LogP contribution in [0.4, 0.5) is 0 Å². The number of likely N-dealkylation sites (N-methyl/N-ethyl adjacent to an activating group) is 1. The molecule has 1 aliphatic heterocycles. The molecule has 1 saturated heterocycles. The number of nitrogens with zero attached hydrogens (tertiary/aromatic N) is 1. The predicted molar refractivity (Wildman–Crippen MR) is 80.2 cm³/mol. The summed E-state index contributed by atoms with van der Waals surface area (Å²) in [5, 5.41) is 3.27. The van der Waals surface area contributed by atoms with Crippen LogP contribution in [0, 0.1) is 20.8 Å². The number of nitrogens with one attached hydrogen (secondary N) is 1. The van der Waals surface area contributed by atoms with Gasteiger partial charge in [-0.05, 0) is 56.5 Å². The Hall–Kier alpha value is -1.55. The molecule has 2 rings (SSSR count). The number of aryl methyl sites for hydroxylation is 2. The van der Waals surface area contributed by atoms with E-state index >= 15 is 0 Å². The zero-order valence-corrected chi connectivity index (χ0v) is 12.8. The van der Waals surface area contributed by atoms with Crippen molar-refractivity contribution in [3.05, 3.63) is 28.8 Å². The Morgan fingerprint density at radius 1 is 1.40 bits per heavy atom. The van der Waals surface area contributed by atoms with Crippen LogP contribution >= 0.6 is 0 Å². The van der Waals surface area contributed by atoms with Crippen LogP contribution in [-0.2, 0) is 4.79 Å². The first-order valence-electron chi connectivity index (χ1n) is 7.16. The Balaban J connectivity index is 1.96. The highest BCUT2D eigenvalue weighted by Crippen LogP contribution is 2.23. The van der Waals surface area contributed by atoms with Crippen molar-refractivity contribution < 1.29 is 9.53 Å². The van der Waals surface area contributed by atoms with Crippen molar-refractivity contribution in [1.82, 2.24) is 10.2 Å². The fourth-order valence-corrected chi connectivity index (χ4v) is 2.57. The van der Waals surface area contributed by atoms with Gasteiger partial charge in [0.2, 0.25) is 0 Å². The van der Waals surface area contributed by atoms with E-state index in [9.17, 15) is 4.79 Å². The normalized spacial score (nSPS) is 18.1. The van der Waals surface area contributed by atoms with Crippen LogP contribution < -0.4 is 10.1 Å². The van der Waals surface area contributed by atoms with Gasteiger partial charge >= 0.3 is 0 Å². The van der Waals surface area contributed by atoms with Crippen LogP contribution in [0.15, 0.2) is 12.1 Å². The maximum absolute atomic E-state index is 12.2. The molecule has 0 saturated carbocycles. The van der Waals surface area contributed by atoms with Crippen LogP contribution in [0.1, 0.15) is 23.1 Å². The number of hydrogen-bond acceptors (Lipinski definition) is 3. The van der Waals surface area contributed by atoms with Crippen LogP contribution in [0.5, 0.6) is 5.75 Å². The molecule has 1 aromatic carbocycles. The summed E-state index contributed by atoms with van der Waals surface area (Å²) in [6.07, 6.45) is 1.02. The third-order valence-electron chi connectivity index (χ3n) is 4.09. The molecule has 1 aliphatic rings. The Morgan fingerprint density at radius 2 is 2.15 bits per heavy atom. The van der Waals surface area contributed by atoms with Gasteiger partial charge in [0, 0.05) is 19.6 Å². The first kappa shape index (κ1) is 14.9. The maximum Gasteiger partial charge on any atom is 0.260 e. The van der Waals surface area contributed by atoms with Crippen LogP contribution in [-0.4, -0.2) is 43.6 Å². The second-order valence-corrected chi connectivity index (χ2v) is 5.64. The molecule has 4 nitrogen and oxygen atoms in total. The van der Waals surface area contributed by atoms with Gasteiger partial charge in [-0.2, -0.15) is 0 Å². The molecule has 0 spiro atoms. The molecule has 0 aromatic heterocycles. The minimum Gasteiger partial charge on any atom is -0.483 e. The van der Waals surface area contributed by atoms with Gasteiger partial charge in [-0.25, -0.2) is 0 Å². The number of amides is 1. The molecule has 20 heavy (non-hydrogen) atoms. The van der Waals surface area contributed by atoms with Gasteiger partial charge in [-0.3, -0.25) is 4.79 Å². The van der Waals surface area contributed by atoms with E-state index in [1.807, 2.05) is 27.0 Å². The molecule has 1 amide bonds. The average Bonchev–Trinajstić information content (AvgIpc) is 2.93. The first-order valence-corrected chi connectivity index (χ1v) is 7.16. The van der Waals surface area contributed by atoms with Crippen molar-refractivity contribution in [3.8, 4) is 5.75 Å². The lowest BCUT2D eigenvalue weighted by atomic mass is 10.1. The third-order valence-corrected chi connectivity index (χ3v) is 4.09. The molecule has 1 unspecified atom stereocenters. The highest BCUT2D eigenvalue weighted by Gasteiger charge is 2.23. The summed E-state index contributed by atoms with van der Waals surface area (Å²) in [5.74, 6) is 0.853. The largest absolute Gasteiger partial charge is 0.483 e. The molecule has 0 radical (unpaired) electrons. The van der Waals surface area contributed by atoms with E-state index in [0.717, 1.165) is 36.4 Å². The number of carbonyl (C=O) groups is 1. The summed E-state index contributed by atoms with van der Waals surface area (Å²) in [6.45, 7) is 8.10. The molecule has 1 aromatic rings. The molecule has 1 N–H and O–H groups in total. The lowest BCUT2D eigenvalue weighted by Crippen LogP contribution is -2.40. The van der Waals surface area contributed by atoms with Gasteiger partial charge < -0.3 is 15.0 Å². The molecular weight excluding hydrogens is 252 g/mol.